The zero-order valence-corrected chi connectivity index (χ0v) is 14.1. The van der Waals surface area contributed by atoms with Gasteiger partial charge in [0.25, 0.3) is 0 Å². The van der Waals surface area contributed by atoms with Crippen LogP contribution in [0.4, 0.5) is 0 Å². The molecule has 0 aliphatic carbocycles. The van der Waals surface area contributed by atoms with Gasteiger partial charge in [-0.1, -0.05) is 6.07 Å². The van der Waals surface area contributed by atoms with Crippen molar-refractivity contribution in [3.05, 3.63) is 27.7 Å². The zero-order valence-electron chi connectivity index (χ0n) is 10.8. The Morgan fingerprint density at radius 1 is 1.32 bits per heavy atom. The lowest BCUT2D eigenvalue weighted by atomic mass is 10.2. The van der Waals surface area contributed by atoms with E-state index in [0.29, 0.717) is 19.4 Å². The first-order valence-corrected chi connectivity index (χ1v) is 9.33. The van der Waals surface area contributed by atoms with E-state index in [1.807, 2.05) is 32.0 Å². The van der Waals surface area contributed by atoms with Crippen LogP contribution in [0.15, 0.2) is 22.1 Å². The van der Waals surface area contributed by atoms with E-state index >= 15 is 0 Å². The van der Waals surface area contributed by atoms with Crippen LogP contribution in [-0.4, -0.2) is 18.2 Å². The summed E-state index contributed by atoms with van der Waals surface area (Å²) in [6.07, 6.45) is 0.292. The van der Waals surface area contributed by atoms with Gasteiger partial charge in [-0.25, -0.2) is 4.98 Å². The van der Waals surface area contributed by atoms with Gasteiger partial charge < -0.3 is 9.05 Å². The first kappa shape index (κ1) is 15.1. The van der Waals surface area contributed by atoms with E-state index in [0.717, 1.165) is 19.7 Å². The van der Waals surface area contributed by atoms with Crippen molar-refractivity contribution in [2.75, 3.05) is 13.2 Å². The molecule has 2 aromatic rings. The first-order chi connectivity index (χ1) is 9.06. The largest absolute Gasteiger partial charge is 0.335 e. The van der Waals surface area contributed by atoms with Crippen molar-refractivity contribution in [3.63, 3.8) is 0 Å². The van der Waals surface area contributed by atoms with Gasteiger partial charge in [-0.15, -0.1) is 11.3 Å². The molecule has 1 aromatic heterocycles. The molecule has 0 aliphatic rings. The van der Waals surface area contributed by atoms with E-state index < -0.39 is 7.60 Å². The molecule has 4 nitrogen and oxygen atoms in total. The predicted molar refractivity (Wildman–Crippen MR) is 81.9 cm³/mol. The van der Waals surface area contributed by atoms with Crippen LogP contribution in [-0.2, 0) is 19.8 Å². The van der Waals surface area contributed by atoms with Gasteiger partial charge in [-0.2, -0.15) is 0 Å². The van der Waals surface area contributed by atoms with E-state index in [-0.39, 0.29) is 0 Å². The van der Waals surface area contributed by atoms with Crippen LogP contribution >= 0.6 is 34.9 Å². The molecule has 0 unspecified atom stereocenters. The molecule has 0 atom stereocenters. The van der Waals surface area contributed by atoms with Crippen molar-refractivity contribution < 1.29 is 13.6 Å². The fraction of sp³-hybridized carbons (Fsp3) is 0.417. The Bertz CT molecular complexity index is 606. The summed E-state index contributed by atoms with van der Waals surface area (Å²) in [4.78, 5) is 4.33. The number of benzene rings is 1. The predicted octanol–water partition coefficient (Wildman–Crippen LogP) is 4.82. The van der Waals surface area contributed by atoms with Crippen molar-refractivity contribution >= 4 is 45.1 Å². The Morgan fingerprint density at radius 2 is 2.00 bits per heavy atom. The quantitative estimate of drug-likeness (QED) is 0.690. The summed E-state index contributed by atoms with van der Waals surface area (Å²) in [7, 11) is -3.04. The van der Waals surface area contributed by atoms with Gasteiger partial charge in [-0.3, -0.25) is 4.57 Å². The molecule has 0 aliphatic heterocycles. The number of thiazole rings is 1. The number of aromatic nitrogens is 1. The maximum Gasteiger partial charge on any atom is 0.335 e. The molecular weight excluding hydrogens is 349 g/mol. The molecule has 0 radical (unpaired) electrons. The minimum absolute atomic E-state index is 0.292. The normalized spacial score (nSPS) is 12.2. The van der Waals surface area contributed by atoms with E-state index in [9.17, 15) is 4.57 Å². The van der Waals surface area contributed by atoms with Crippen molar-refractivity contribution in [3.8, 4) is 0 Å². The lowest BCUT2D eigenvalue weighted by Crippen LogP contribution is -1.98. The molecule has 2 rings (SSSR count). The van der Waals surface area contributed by atoms with Gasteiger partial charge >= 0.3 is 7.60 Å². The second-order valence-corrected chi connectivity index (χ2v) is 8.23. The molecule has 0 saturated carbocycles. The highest BCUT2D eigenvalue weighted by atomic mass is 79.9. The standard InChI is InChI=1S/C12H15BrNO3PS/c1-3-16-18(15,17-4-2)8-9-5-6-10-11(7-9)19-12(13)14-10/h5-7H,3-4,8H2,1-2H3. The summed E-state index contributed by atoms with van der Waals surface area (Å²) >= 11 is 4.92. The SMILES string of the molecule is CCOP(=O)(Cc1ccc2nc(Br)sc2c1)OCC. The summed E-state index contributed by atoms with van der Waals surface area (Å²) in [5.41, 5.74) is 1.87. The van der Waals surface area contributed by atoms with Crippen LogP contribution in [0, 0.1) is 0 Å². The zero-order chi connectivity index (χ0) is 13.9. The maximum absolute atomic E-state index is 12.5. The van der Waals surface area contributed by atoms with Gasteiger partial charge in [0.1, 0.15) is 0 Å². The minimum atomic E-state index is -3.04. The summed E-state index contributed by atoms with van der Waals surface area (Å²) in [5, 5.41) is 0. The number of fused-ring (bicyclic) bond motifs is 1. The molecule has 0 N–H and O–H groups in total. The molecule has 0 saturated heterocycles. The van der Waals surface area contributed by atoms with Gasteiger partial charge in [-0.05, 0) is 47.5 Å². The Hall–Kier alpha value is -0.260. The van der Waals surface area contributed by atoms with E-state index in [4.69, 9.17) is 9.05 Å². The molecule has 7 heteroatoms. The summed E-state index contributed by atoms with van der Waals surface area (Å²) in [6.45, 7) is 4.39. The Labute approximate surface area is 124 Å². The molecule has 0 amide bonds. The van der Waals surface area contributed by atoms with Crippen LogP contribution in [0.5, 0.6) is 0 Å². The van der Waals surface area contributed by atoms with Crippen LogP contribution in [0.2, 0.25) is 0 Å². The number of hydrogen-bond donors (Lipinski definition) is 0. The molecule has 0 bridgehead atoms. The third-order valence-electron chi connectivity index (χ3n) is 2.45. The molecule has 0 fully saturated rings. The highest BCUT2D eigenvalue weighted by Crippen LogP contribution is 2.51. The Balaban J connectivity index is 2.25. The third-order valence-corrected chi connectivity index (χ3v) is 5.98. The Morgan fingerprint density at radius 3 is 2.63 bits per heavy atom. The minimum Gasteiger partial charge on any atom is -0.309 e. The summed E-state index contributed by atoms with van der Waals surface area (Å²) < 4.78 is 25.0. The van der Waals surface area contributed by atoms with E-state index in [2.05, 4.69) is 20.9 Å². The average molecular weight is 364 g/mol. The van der Waals surface area contributed by atoms with Crippen LogP contribution in [0.1, 0.15) is 19.4 Å². The van der Waals surface area contributed by atoms with Crippen LogP contribution in [0.25, 0.3) is 10.2 Å². The van der Waals surface area contributed by atoms with Crippen LogP contribution < -0.4 is 0 Å². The van der Waals surface area contributed by atoms with E-state index in [1.54, 1.807) is 11.3 Å². The second kappa shape index (κ2) is 6.46. The van der Waals surface area contributed by atoms with Crippen LogP contribution in [0.3, 0.4) is 0 Å². The van der Waals surface area contributed by atoms with Gasteiger partial charge in [0.2, 0.25) is 0 Å². The Kier molecular flexibility index (Phi) is 5.15. The molecular formula is C12H15BrNO3PS. The fourth-order valence-electron chi connectivity index (χ4n) is 1.78. The summed E-state index contributed by atoms with van der Waals surface area (Å²) in [5.74, 6) is 0. The number of nitrogens with zero attached hydrogens (tertiary/aromatic N) is 1. The van der Waals surface area contributed by atoms with Gasteiger partial charge in [0, 0.05) is 0 Å². The molecule has 1 aromatic carbocycles. The third kappa shape index (κ3) is 3.86. The molecule has 1 heterocycles. The molecule has 104 valence electrons. The maximum atomic E-state index is 12.5. The van der Waals surface area contributed by atoms with E-state index in [1.165, 1.54) is 0 Å². The monoisotopic (exact) mass is 363 g/mol. The molecule has 19 heavy (non-hydrogen) atoms. The van der Waals surface area contributed by atoms with Crippen molar-refractivity contribution in [2.45, 2.75) is 20.0 Å². The lowest BCUT2D eigenvalue weighted by Gasteiger charge is -2.16. The average Bonchev–Trinajstić information content (AvgIpc) is 2.68. The number of hydrogen-bond acceptors (Lipinski definition) is 5. The highest BCUT2D eigenvalue weighted by Gasteiger charge is 2.24. The lowest BCUT2D eigenvalue weighted by molar-refractivity contribution is 0.219. The highest BCUT2D eigenvalue weighted by molar-refractivity contribution is 9.11. The first-order valence-electron chi connectivity index (χ1n) is 5.99. The number of halogens is 1. The molecule has 0 spiro atoms. The van der Waals surface area contributed by atoms with Gasteiger partial charge in [0.15, 0.2) is 3.92 Å². The fourth-order valence-corrected chi connectivity index (χ4v) is 4.94. The second-order valence-electron chi connectivity index (χ2n) is 3.87. The van der Waals surface area contributed by atoms with Gasteiger partial charge in [0.05, 0.1) is 29.6 Å². The van der Waals surface area contributed by atoms with Crippen molar-refractivity contribution in [1.82, 2.24) is 4.98 Å². The topological polar surface area (TPSA) is 48.4 Å². The van der Waals surface area contributed by atoms with Crippen molar-refractivity contribution in [2.24, 2.45) is 0 Å². The van der Waals surface area contributed by atoms with Crippen molar-refractivity contribution in [1.29, 1.82) is 0 Å². The smallest absolute Gasteiger partial charge is 0.309 e. The summed E-state index contributed by atoms with van der Waals surface area (Å²) in [6, 6.07) is 5.83. The number of rotatable bonds is 6.